The van der Waals surface area contributed by atoms with Crippen LogP contribution in [0.3, 0.4) is 0 Å². The third-order valence-corrected chi connectivity index (χ3v) is 9.17. The van der Waals surface area contributed by atoms with Crippen molar-refractivity contribution in [1.29, 1.82) is 0 Å². The van der Waals surface area contributed by atoms with Gasteiger partial charge in [0, 0.05) is 24.0 Å². The van der Waals surface area contributed by atoms with E-state index in [0.29, 0.717) is 10.6 Å². The summed E-state index contributed by atoms with van der Waals surface area (Å²) in [7, 11) is -2.81. The van der Waals surface area contributed by atoms with Gasteiger partial charge in [-0.05, 0) is 73.9 Å². The highest BCUT2D eigenvalue weighted by Gasteiger charge is 2.35. The zero-order valence-electron chi connectivity index (χ0n) is 25.8. The van der Waals surface area contributed by atoms with Crippen molar-refractivity contribution in [1.82, 2.24) is 10.2 Å². The minimum absolute atomic E-state index is 0.0149. The molecule has 45 heavy (non-hydrogen) atoms. The van der Waals surface area contributed by atoms with Gasteiger partial charge in [0.2, 0.25) is 11.8 Å². The molecule has 2 amide bonds. The Morgan fingerprint density at radius 2 is 1.51 bits per heavy atom. The number of ether oxygens (including phenoxy) is 1. The minimum atomic E-state index is -4.25. The minimum Gasteiger partial charge on any atom is -0.495 e. The number of carbonyl (C=O) groups is 2. The van der Waals surface area contributed by atoms with E-state index in [1.54, 1.807) is 54.6 Å². The number of nitrogens with zero attached hydrogens (tertiary/aromatic N) is 2. The lowest BCUT2D eigenvalue weighted by molar-refractivity contribution is -0.140. The molecule has 10 heteroatoms. The van der Waals surface area contributed by atoms with Gasteiger partial charge >= 0.3 is 0 Å². The fourth-order valence-corrected chi connectivity index (χ4v) is 6.65. The van der Waals surface area contributed by atoms with E-state index < -0.39 is 28.5 Å². The van der Waals surface area contributed by atoms with E-state index in [2.05, 4.69) is 5.32 Å². The van der Waals surface area contributed by atoms with Crippen molar-refractivity contribution in [3.8, 4) is 5.75 Å². The van der Waals surface area contributed by atoms with Gasteiger partial charge in [-0.1, -0.05) is 78.3 Å². The Morgan fingerprint density at radius 1 is 0.867 bits per heavy atom. The first-order chi connectivity index (χ1) is 21.5. The predicted octanol–water partition coefficient (Wildman–Crippen LogP) is 6.02. The molecule has 0 aliphatic heterocycles. The lowest BCUT2D eigenvalue weighted by Gasteiger charge is -2.34. The fraction of sp³-hybridized carbons (Fsp3) is 0.257. The maximum absolute atomic E-state index is 14.6. The second-order valence-electron chi connectivity index (χ2n) is 11.0. The standard InChI is InChI=1S/C35H38ClN3O5S/c1-25(2)37-35(41)32(22-27-12-7-5-8-13-27)38(23-28-14-11-15-29(36)21-28)34(40)24-39(31-20-26(3)18-19-33(31)44-4)45(42,43)30-16-9-6-10-17-30/h5-21,25,32H,22-24H2,1-4H3,(H,37,41)/t32-/m1/s1. The first kappa shape index (κ1) is 33.6. The van der Waals surface area contributed by atoms with Gasteiger partial charge in [0.1, 0.15) is 18.3 Å². The number of anilines is 1. The van der Waals surface area contributed by atoms with Gasteiger partial charge in [0.25, 0.3) is 10.0 Å². The molecule has 1 atom stereocenters. The second kappa shape index (κ2) is 15.1. The Labute approximate surface area is 270 Å². The number of sulfonamides is 1. The summed E-state index contributed by atoms with van der Waals surface area (Å²) in [5.41, 5.74) is 2.53. The number of amides is 2. The monoisotopic (exact) mass is 647 g/mol. The lowest BCUT2D eigenvalue weighted by Crippen LogP contribution is -2.54. The maximum atomic E-state index is 14.6. The molecule has 0 saturated heterocycles. The molecule has 0 heterocycles. The highest BCUT2D eigenvalue weighted by Crippen LogP contribution is 2.34. The van der Waals surface area contributed by atoms with Gasteiger partial charge < -0.3 is 15.0 Å². The Hall–Kier alpha value is -4.34. The number of hydrogen-bond donors (Lipinski definition) is 1. The van der Waals surface area contributed by atoms with Crippen LogP contribution in [0, 0.1) is 6.92 Å². The van der Waals surface area contributed by atoms with Gasteiger partial charge in [-0.15, -0.1) is 0 Å². The largest absolute Gasteiger partial charge is 0.495 e. The van der Waals surface area contributed by atoms with E-state index in [1.807, 2.05) is 57.2 Å². The van der Waals surface area contributed by atoms with E-state index in [0.717, 1.165) is 15.4 Å². The van der Waals surface area contributed by atoms with Crippen LogP contribution in [-0.4, -0.2) is 50.9 Å². The zero-order valence-corrected chi connectivity index (χ0v) is 27.4. The number of aryl methyl sites for hydroxylation is 1. The van der Waals surface area contributed by atoms with Gasteiger partial charge in [0.05, 0.1) is 17.7 Å². The number of benzene rings is 4. The Kier molecular flexibility index (Phi) is 11.3. The van der Waals surface area contributed by atoms with Crippen LogP contribution < -0.4 is 14.4 Å². The first-order valence-electron chi connectivity index (χ1n) is 14.6. The van der Waals surface area contributed by atoms with Gasteiger partial charge in [-0.25, -0.2) is 8.42 Å². The molecule has 0 fully saturated rings. The Bertz CT molecular complexity index is 1720. The molecule has 4 aromatic carbocycles. The van der Waals surface area contributed by atoms with Crippen molar-refractivity contribution >= 4 is 39.1 Å². The molecule has 0 aromatic heterocycles. The quantitative estimate of drug-likeness (QED) is 0.192. The summed E-state index contributed by atoms with van der Waals surface area (Å²) < 4.78 is 35.1. The number of hydrogen-bond acceptors (Lipinski definition) is 5. The van der Waals surface area contributed by atoms with E-state index in [9.17, 15) is 18.0 Å². The van der Waals surface area contributed by atoms with Gasteiger partial charge in [-0.2, -0.15) is 0 Å². The lowest BCUT2D eigenvalue weighted by atomic mass is 10.0. The highest BCUT2D eigenvalue weighted by molar-refractivity contribution is 7.92. The van der Waals surface area contributed by atoms with Crippen molar-refractivity contribution in [2.45, 2.75) is 50.7 Å². The molecule has 4 aromatic rings. The second-order valence-corrected chi connectivity index (χ2v) is 13.3. The molecular formula is C35H38ClN3O5S. The number of halogens is 1. The van der Waals surface area contributed by atoms with Crippen LogP contribution in [0.2, 0.25) is 5.02 Å². The molecule has 0 bridgehead atoms. The van der Waals surface area contributed by atoms with Crippen molar-refractivity contribution in [3.63, 3.8) is 0 Å². The maximum Gasteiger partial charge on any atom is 0.264 e. The molecule has 4 rings (SSSR count). The highest BCUT2D eigenvalue weighted by atomic mass is 35.5. The van der Waals surface area contributed by atoms with E-state index in [1.165, 1.54) is 24.1 Å². The van der Waals surface area contributed by atoms with Gasteiger partial charge in [0.15, 0.2) is 0 Å². The van der Waals surface area contributed by atoms with Crippen LogP contribution in [0.1, 0.15) is 30.5 Å². The van der Waals surface area contributed by atoms with Crippen LogP contribution in [0.15, 0.2) is 108 Å². The van der Waals surface area contributed by atoms with E-state index in [-0.39, 0.29) is 41.2 Å². The first-order valence-corrected chi connectivity index (χ1v) is 16.4. The van der Waals surface area contributed by atoms with Crippen LogP contribution in [0.5, 0.6) is 5.75 Å². The summed E-state index contributed by atoms with van der Waals surface area (Å²) in [6, 6.07) is 28.3. The molecule has 0 radical (unpaired) electrons. The van der Waals surface area contributed by atoms with Crippen molar-refractivity contribution in [3.05, 3.63) is 125 Å². The molecule has 236 valence electrons. The normalized spacial score (nSPS) is 12.0. The molecule has 0 saturated carbocycles. The summed E-state index contributed by atoms with van der Waals surface area (Å²) >= 11 is 6.30. The molecule has 8 nitrogen and oxygen atoms in total. The Balaban J connectivity index is 1.85. The average molecular weight is 648 g/mol. The van der Waals surface area contributed by atoms with E-state index in [4.69, 9.17) is 16.3 Å². The molecule has 0 aliphatic carbocycles. The van der Waals surface area contributed by atoms with Crippen molar-refractivity contribution < 1.29 is 22.7 Å². The van der Waals surface area contributed by atoms with Crippen molar-refractivity contribution in [2.24, 2.45) is 0 Å². The van der Waals surface area contributed by atoms with Crippen molar-refractivity contribution in [2.75, 3.05) is 18.0 Å². The van der Waals surface area contributed by atoms with Gasteiger partial charge in [-0.3, -0.25) is 13.9 Å². The summed E-state index contributed by atoms with van der Waals surface area (Å²) in [5, 5.41) is 3.43. The number of methoxy groups -OCH3 is 1. The SMILES string of the molecule is COc1ccc(C)cc1N(CC(=O)N(Cc1cccc(Cl)c1)[C@H](Cc1ccccc1)C(=O)NC(C)C)S(=O)(=O)c1ccccc1. The zero-order chi connectivity index (χ0) is 32.6. The van der Waals surface area contributed by atoms with Crippen LogP contribution in [-0.2, 0) is 32.6 Å². The summed E-state index contributed by atoms with van der Waals surface area (Å²) in [6.45, 7) is 4.96. The number of nitrogens with one attached hydrogen (secondary N) is 1. The molecule has 1 N–H and O–H groups in total. The smallest absolute Gasteiger partial charge is 0.264 e. The fourth-order valence-electron chi connectivity index (χ4n) is 4.99. The van der Waals surface area contributed by atoms with Crippen LogP contribution in [0.25, 0.3) is 0 Å². The average Bonchev–Trinajstić information content (AvgIpc) is 3.02. The molecular weight excluding hydrogens is 610 g/mol. The summed E-state index contributed by atoms with van der Waals surface area (Å²) in [6.07, 6.45) is 0.213. The van der Waals surface area contributed by atoms with Crippen LogP contribution >= 0.6 is 11.6 Å². The van der Waals surface area contributed by atoms with E-state index >= 15 is 0 Å². The van der Waals surface area contributed by atoms with Crippen LogP contribution in [0.4, 0.5) is 5.69 Å². The molecule has 0 unspecified atom stereocenters. The summed E-state index contributed by atoms with van der Waals surface area (Å²) in [5.74, 6) is -0.639. The predicted molar refractivity (Wildman–Crippen MR) is 178 cm³/mol. The summed E-state index contributed by atoms with van der Waals surface area (Å²) in [4.78, 5) is 29.8. The Morgan fingerprint density at radius 3 is 2.13 bits per heavy atom. The number of carbonyl (C=O) groups excluding carboxylic acids is 2. The molecule has 0 aliphatic rings. The molecule has 0 spiro atoms. The topological polar surface area (TPSA) is 96.0 Å². The number of rotatable bonds is 13. The third kappa shape index (κ3) is 8.65. The third-order valence-electron chi connectivity index (χ3n) is 7.16.